The van der Waals surface area contributed by atoms with Gasteiger partial charge >= 0.3 is 0 Å². The SMILES string of the molecule is N#C/C(=C\c1ccncc1)C(=O)NCC1CCCO1. The van der Waals surface area contributed by atoms with Crippen molar-refractivity contribution in [3.8, 4) is 6.07 Å². The first-order valence-corrected chi connectivity index (χ1v) is 6.21. The highest BCUT2D eigenvalue weighted by atomic mass is 16.5. The molecule has 1 aromatic heterocycles. The molecule has 0 aliphatic carbocycles. The van der Waals surface area contributed by atoms with E-state index >= 15 is 0 Å². The highest BCUT2D eigenvalue weighted by Gasteiger charge is 2.17. The third-order valence-corrected chi connectivity index (χ3v) is 2.90. The van der Waals surface area contributed by atoms with Gasteiger partial charge in [-0.05, 0) is 36.6 Å². The third-order valence-electron chi connectivity index (χ3n) is 2.90. The second-order valence-corrected chi connectivity index (χ2v) is 4.30. The fraction of sp³-hybridized carbons (Fsp3) is 0.357. The molecule has 1 unspecified atom stereocenters. The Kier molecular flexibility index (Phi) is 4.65. The topological polar surface area (TPSA) is 75.0 Å². The van der Waals surface area contributed by atoms with Crippen LogP contribution in [0.1, 0.15) is 18.4 Å². The van der Waals surface area contributed by atoms with E-state index in [9.17, 15) is 4.79 Å². The van der Waals surface area contributed by atoms with E-state index in [4.69, 9.17) is 10.00 Å². The van der Waals surface area contributed by atoms with Crippen molar-refractivity contribution in [2.75, 3.05) is 13.2 Å². The van der Waals surface area contributed by atoms with Gasteiger partial charge in [0.05, 0.1) is 6.10 Å². The van der Waals surface area contributed by atoms with Crippen LogP contribution in [0, 0.1) is 11.3 Å². The summed E-state index contributed by atoms with van der Waals surface area (Å²) in [6, 6.07) is 5.40. The number of hydrogen-bond acceptors (Lipinski definition) is 4. The van der Waals surface area contributed by atoms with Crippen LogP contribution in [0.3, 0.4) is 0 Å². The summed E-state index contributed by atoms with van der Waals surface area (Å²) in [5, 5.41) is 11.7. The lowest BCUT2D eigenvalue weighted by molar-refractivity contribution is -0.117. The summed E-state index contributed by atoms with van der Waals surface area (Å²) in [5.41, 5.74) is 0.864. The molecule has 1 fully saturated rings. The van der Waals surface area contributed by atoms with E-state index in [2.05, 4.69) is 10.3 Å². The summed E-state index contributed by atoms with van der Waals surface area (Å²) in [4.78, 5) is 15.7. The number of amides is 1. The molecule has 1 atom stereocenters. The number of ether oxygens (including phenoxy) is 1. The Bertz CT molecular complexity index is 499. The zero-order chi connectivity index (χ0) is 13.5. The van der Waals surface area contributed by atoms with Gasteiger partial charge in [-0.25, -0.2) is 0 Å². The molecule has 1 aliphatic rings. The van der Waals surface area contributed by atoms with E-state index in [-0.39, 0.29) is 17.6 Å². The second-order valence-electron chi connectivity index (χ2n) is 4.30. The zero-order valence-electron chi connectivity index (χ0n) is 10.5. The first-order chi connectivity index (χ1) is 9.29. The summed E-state index contributed by atoms with van der Waals surface area (Å²) in [5.74, 6) is -0.366. The maximum Gasteiger partial charge on any atom is 0.262 e. The molecule has 1 aliphatic heterocycles. The average Bonchev–Trinajstić information content (AvgIpc) is 2.96. The fourth-order valence-corrected chi connectivity index (χ4v) is 1.88. The van der Waals surface area contributed by atoms with Gasteiger partial charge < -0.3 is 10.1 Å². The molecular formula is C14H15N3O2. The van der Waals surface area contributed by atoms with Gasteiger partial charge in [0.1, 0.15) is 11.6 Å². The normalized spacial score (nSPS) is 18.9. The van der Waals surface area contributed by atoms with Crippen LogP contribution < -0.4 is 5.32 Å². The Hall–Kier alpha value is -2.19. The summed E-state index contributed by atoms with van der Waals surface area (Å²) >= 11 is 0. The molecule has 0 spiro atoms. The maximum absolute atomic E-state index is 11.9. The Morgan fingerprint density at radius 3 is 3.00 bits per heavy atom. The molecule has 1 N–H and O–H groups in total. The van der Waals surface area contributed by atoms with Crippen molar-refractivity contribution in [2.24, 2.45) is 0 Å². The fourth-order valence-electron chi connectivity index (χ4n) is 1.88. The molecule has 5 heteroatoms. The van der Waals surface area contributed by atoms with Crippen molar-refractivity contribution < 1.29 is 9.53 Å². The predicted octanol–water partition coefficient (Wildman–Crippen LogP) is 1.28. The van der Waals surface area contributed by atoms with Gasteiger partial charge in [-0.3, -0.25) is 9.78 Å². The Labute approximate surface area is 111 Å². The molecular weight excluding hydrogens is 242 g/mol. The minimum atomic E-state index is -0.366. The standard InChI is InChI=1S/C14H15N3O2/c15-9-12(8-11-3-5-16-6-4-11)14(18)17-10-13-2-1-7-19-13/h3-6,8,13H,1-2,7,10H2,(H,17,18)/b12-8+. The summed E-state index contributed by atoms with van der Waals surface area (Å²) < 4.78 is 5.41. The zero-order valence-corrected chi connectivity index (χ0v) is 10.5. The quantitative estimate of drug-likeness (QED) is 0.651. The van der Waals surface area contributed by atoms with Crippen LogP contribution in [0.25, 0.3) is 6.08 Å². The molecule has 5 nitrogen and oxygen atoms in total. The van der Waals surface area contributed by atoms with Crippen molar-refractivity contribution in [1.29, 1.82) is 5.26 Å². The van der Waals surface area contributed by atoms with E-state index in [1.165, 1.54) is 0 Å². The monoisotopic (exact) mass is 257 g/mol. The van der Waals surface area contributed by atoms with Crippen molar-refractivity contribution in [3.05, 3.63) is 35.7 Å². The van der Waals surface area contributed by atoms with E-state index < -0.39 is 0 Å². The van der Waals surface area contributed by atoms with Crippen LogP contribution in [0.4, 0.5) is 0 Å². The van der Waals surface area contributed by atoms with Crippen LogP contribution >= 0.6 is 0 Å². The van der Waals surface area contributed by atoms with E-state index in [1.807, 2.05) is 6.07 Å². The molecule has 1 saturated heterocycles. The van der Waals surface area contributed by atoms with Crippen molar-refractivity contribution in [2.45, 2.75) is 18.9 Å². The Morgan fingerprint density at radius 2 is 2.37 bits per heavy atom. The number of carbonyl (C=O) groups is 1. The van der Waals surface area contributed by atoms with Gasteiger partial charge in [0.2, 0.25) is 0 Å². The van der Waals surface area contributed by atoms with Crippen LogP contribution in [-0.4, -0.2) is 30.1 Å². The largest absolute Gasteiger partial charge is 0.376 e. The number of aromatic nitrogens is 1. The number of hydrogen-bond donors (Lipinski definition) is 1. The second kappa shape index (κ2) is 6.66. The van der Waals surface area contributed by atoms with E-state index in [0.717, 1.165) is 25.0 Å². The highest BCUT2D eigenvalue weighted by molar-refractivity contribution is 6.01. The highest BCUT2D eigenvalue weighted by Crippen LogP contribution is 2.11. The van der Waals surface area contributed by atoms with Gasteiger partial charge in [0, 0.05) is 25.5 Å². The molecule has 0 aromatic carbocycles. The predicted molar refractivity (Wildman–Crippen MR) is 69.8 cm³/mol. The molecule has 1 aromatic rings. The molecule has 0 bridgehead atoms. The smallest absolute Gasteiger partial charge is 0.262 e. The molecule has 98 valence electrons. The lowest BCUT2D eigenvalue weighted by atomic mass is 10.1. The molecule has 0 radical (unpaired) electrons. The molecule has 1 amide bonds. The van der Waals surface area contributed by atoms with E-state index in [1.54, 1.807) is 30.6 Å². The van der Waals surface area contributed by atoms with Gasteiger partial charge in [-0.2, -0.15) is 5.26 Å². The van der Waals surface area contributed by atoms with Gasteiger partial charge in [-0.1, -0.05) is 0 Å². The van der Waals surface area contributed by atoms with Crippen LogP contribution in [-0.2, 0) is 9.53 Å². The first-order valence-electron chi connectivity index (χ1n) is 6.21. The molecule has 19 heavy (non-hydrogen) atoms. The summed E-state index contributed by atoms with van der Waals surface area (Å²) in [6.07, 6.45) is 6.84. The number of nitriles is 1. The number of nitrogens with one attached hydrogen (secondary N) is 1. The van der Waals surface area contributed by atoms with Crippen LogP contribution in [0.5, 0.6) is 0 Å². The Morgan fingerprint density at radius 1 is 1.58 bits per heavy atom. The number of pyridine rings is 1. The number of nitrogens with zero attached hydrogens (tertiary/aromatic N) is 2. The van der Waals surface area contributed by atoms with Crippen molar-refractivity contribution >= 4 is 12.0 Å². The lowest BCUT2D eigenvalue weighted by Crippen LogP contribution is -2.32. The van der Waals surface area contributed by atoms with Gasteiger partial charge in [-0.15, -0.1) is 0 Å². The van der Waals surface area contributed by atoms with Crippen LogP contribution in [0.2, 0.25) is 0 Å². The number of rotatable bonds is 4. The van der Waals surface area contributed by atoms with E-state index in [0.29, 0.717) is 6.54 Å². The first kappa shape index (κ1) is 13.2. The molecule has 0 saturated carbocycles. The minimum absolute atomic E-state index is 0.0739. The molecule has 2 heterocycles. The minimum Gasteiger partial charge on any atom is -0.376 e. The maximum atomic E-state index is 11.9. The van der Waals surface area contributed by atoms with Crippen molar-refractivity contribution in [3.63, 3.8) is 0 Å². The van der Waals surface area contributed by atoms with Crippen LogP contribution in [0.15, 0.2) is 30.1 Å². The number of carbonyl (C=O) groups excluding carboxylic acids is 1. The third kappa shape index (κ3) is 3.90. The van der Waals surface area contributed by atoms with Gasteiger partial charge in [0.25, 0.3) is 5.91 Å². The summed E-state index contributed by atoms with van der Waals surface area (Å²) in [6.45, 7) is 1.20. The average molecular weight is 257 g/mol. The lowest BCUT2D eigenvalue weighted by Gasteiger charge is -2.10. The van der Waals surface area contributed by atoms with Gasteiger partial charge in [0.15, 0.2) is 0 Å². The summed E-state index contributed by atoms with van der Waals surface area (Å²) in [7, 11) is 0. The molecule has 2 rings (SSSR count). The van der Waals surface area contributed by atoms with Crippen molar-refractivity contribution in [1.82, 2.24) is 10.3 Å². The Balaban J connectivity index is 1.95.